The van der Waals surface area contributed by atoms with E-state index in [4.69, 9.17) is 4.74 Å². The Morgan fingerprint density at radius 2 is 2.06 bits per heavy atom. The van der Waals surface area contributed by atoms with Gasteiger partial charge in [0.05, 0.1) is 12.0 Å². The van der Waals surface area contributed by atoms with Gasteiger partial charge in [-0.3, -0.25) is 4.79 Å². The summed E-state index contributed by atoms with van der Waals surface area (Å²) >= 11 is 0. The predicted molar refractivity (Wildman–Crippen MR) is 64.3 cm³/mol. The van der Waals surface area contributed by atoms with E-state index in [0.717, 1.165) is 32.5 Å². The van der Waals surface area contributed by atoms with Crippen LogP contribution in [0.15, 0.2) is 0 Å². The van der Waals surface area contributed by atoms with Crippen LogP contribution in [0.2, 0.25) is 0 Å². The van der Waals surface area contributed by atoms with Crippen LogP contribution >= 0.6 is 0 Å². The maximum atomic E-state index is 11.7. The fraction of sp³-hybridized carbons (Fsp3) is 0.917. The Hall–Kier alpha value is -0.610. The van der Waals surface area contributed by atoms with E-state index in [1.165, 1.54) is 0 Å². The number of piperidine rings is 1. The molecule has 1 saturated heterocycles. The Morgan fingerprint density at radius 1 is 1.44 bits per heavy atom. The molecule has 2 N–H and O–H groups in total. The molecule has 0 bridgehead atoms. The van der Waals surface area contributed by atoms with Crippen molar-refractivity contribution in [3.63, 3.8) is 0 Å². The van der Waals surface area contributed by atoms with E-state index in [0.29, 0.717) is 12.3 Å². The quantitative estimate of drug-likeness (QED) is 0.735. The molecule has 1 heterocycles. The van der Waals surface area contributed by atoms with Gasteiger partial charge in [0.1, 0.15) is 0 Å². The van der Waals surface area contributed by atoms with Gasteiger partial charge < -0.3 is 15.4 Å². The summed E-state index contributed by atoms with van der Waals surface area (Å²) in [5.74, 6) is 0.723. The maximum absolute atomic E-state index is 11.7. The molecule has 0 aromatic carbocycles. The van der Waals surface area contributed by atoms with E-state index < -0.39 is 0 Å². The first-order valence-corrected chi connectivity index (χ1v) is 6.06. The van der Waals surface area contributed by atoms with Crippen LogP contribution in [0.1, 0.15) is 33.1 Å². The molecule has 16 heavy (non-hydrogen) atoms. The van der Waals surface area contributed by atoms with Gasteiger partial charge in [-0.1, -0.05) is 0 Å². The number of nitrogens with one attached hydrogen (secondary N) is 2. The first-order valence-electron chi connectivity index (χ1n) is 6.06. The van der Waals surface area contributed by atoms with E-state index in [1.54, 1.807) is 7.11 Å². The number of hydrogen-bond acceptors (Lipinski definition) is 3. The van der Waals surface area contributed by atoms with Gasteiger partial charge in [-0.25, -0.2) is 0 Å². The number of ether oxygens (including phenoxy) is 1. The Kier molecular flexibility index (Phi) is 5.22. The minimum Gasteiger partial charge on any atom is -0.378 e. The van der Waals surface area contributed by atoms with E-state index in [-0.39, 0.29) is 11.5 Å². The molecule has 0 radical (unpaired) electrons. The molecule has 0 aliphatic carbocycles. The largest absolute Gasteiger partial charge is 0.378 e. The molecule has 0 spiro atoms. The summed E-state index contributed by atoms with van der Waals surface area (Å²) in [6.07, 6.45) is 2.75. The average Bonchev–Trinajstić information content (AvgIpc) is 2.27. The van der Waals surface area contributed by atoms with Crippen molar-refractivity contribution < 1.29 is 9.53 Å². The molecule has 0 aromatic heterocycles. The Balaban J connectivity index is 2.19. The van der Waals surface area contributed by atoms with Crippen molar-refractivity contribution in [1.82, 2.24) is 10.6 Å². The van der Waals surface area contributed by atoms with E-state index >= 15 is 0 Å². The SMILES string of the molecule is COC(C)(C)CC(=O)NCC1CCNCC1. The van der Waals surface area contributed by atoms with Crippen LogP contribution in [-0.4, -0.2) is 38.3 Å². The molecule has 4 nitrogen and oxygen atoms in total. The van der Waals surface area contributed by atoms with Crippen molar-refractivity contribution in [3.05, 3.63) is 0 Å². The molecule has 4 heteroatoms. The van der Waals surface area contributed by atoms with Gasteiger partial charge >= 0.3 is 0 Å². The number of methoxy groups -OCH3 is 1. The summed E-state index contributed by atoms with van der Waals surface area (Å²) in [4.78, 5) is 11.7. The molecule has 1 rings (SSSR count). The summed E-state index contributed by atoms with van der Waals surface area (Å²) in [6, 6.07) is 0. The van der Waals surface area contributed by atoms with Gasteiger partial charge in [0.15, 0.2) is 0 Å². The summed E-state index contributed by atoms with van der Waals surface area (Å²) in [7, 11) is 1.64. The highest BCUT2D eigenvalue weighted by Gasteiger charge is 2.21. The molecule has 1 fully saturated rings. The molecule has 0 unspecified atom stereocenters. The lowest BCUT2D eigenvalue weighted by Crippen LogP contribution is -2.38. The number of carbonyl (C=O) groups excluding carboxylic acids is 1. The van der Waals surface area contributed by atoms with E-state index in [2.05, 4.69) is 10.6 Å². The fourth-order valence-electron chi connectivity index (χ4n) is 1.87. The molecule has 1 aliphatic rings. The van der Waals surface area contributed by atoms with Crippen LogP contribution in [0.3, 0.4) is 0 Å². The molecule has 1 aliphatic heterocycles. The monoisotopic (exact) mass is 228 g/mol. The minimum absolute atomic E-state index is 0.0883. The molecule has 94 valence electrons. The maximum Gasteiger partial charge on any atom is 0.222 e. The summed E-state index contributed by atoms with van der Waals surface area (Å²) in [6.45, 7) is 6.81. The summed E-state index contributed by atoms with van der Waals surface area (Å²) in [5, 5.41) is 6.31. The number of hydrogen-bond donors (Lipinski definition) is 2. The van der Waals surface area contributed by atoms with Crippen molar-refractivity contribution in [2.45, 2.75) is 38.7 Å². The third-order valence-corrected chi connectivity index (χ3v) is 3.19. The molecular formula is C12H24N2O2. The van der Waals surface area contributed by atoms with Gasteiger partial charge in [-0.2, -0.15) is 0 Å². The van der Waals surface area contributed by atoms with Crippen molar-refractivity contribution in [3.8, 4) is 0 Å². The Bertz CT molecular complexity index is 223. The van der Waals surface area contributed by atoms with E-state index in [1.807, 2.05) is 13.8 Å². The van der Waals surface area contributed by atoms with Gasteiger partial charge in [-0.05, 0) is 45.7 Å². The highest BCUT2D eigenvalue weighted by molar-refractivity contribution is 5.76. The Labute approximate surface area is 98.1 Å². The van der Waals surface area contributed by atoms with Crippen molar-refractivity contribution in [2.24, 2.45) is 5.92 Å². The van der Waals surface area contributed by atoms with Crippen LogP contribution in [0.4, 0.5) is 0 Å². The smallest absolute Gasteiger partial charge is 0.222 e. The Morgan fingerprint density at radius 3 is 2.62 bits per heavy atom. The first kappa shape index (κ1) is 13.5. The lowest BCUT2D eigenvalue weighted by molar-refractivity contribution is -0.126. The second-order valence-corrected chi connectivity index (χ2v) is 5.14. The summed E-state index contributed by atoms with van der Waals surface area (Å²) in [5.41, 5.74) is -0.363. The molecule has 0 aromatic rings. The average molecular weight is 228 g/mol. The highest BCUT2D eigenvalue weighted by atomic mass is 16.5. The van der Waals surface area contributed by atoms with Crippen LogP contribution in [0.5, 0.6) is 0 Å². The fourth-order valence-corrected chi connectivity index (χ4v) is 1.87. The minimum atomic E-state index is -0.363. The normalized spacial score (nSPS) is 18.4. The zero-order chi connectivity index (χ0) is 12.0. The van der Waals surface area contributed by atoms with Gasteiger partial charge in [0.25, 0.3) is 0 Å². The summed E-state index contributed by atoms with van der Waals surface area (Å²) < 4.78 is 5.23. The van der Waals surface area contributed by atoms with Gasteiger partial charge in [0.2, 0.25) is 5.91 Å². The number of amides is 1. The number of carbonyl (C=O) groups is 1. The molecular weight excluding hydrogens is 204 g/mol. The highest BCUT2D eigenvalue weighted by Crippen LogP contribution is 2.13. The van der Waals surface area contributed by atoms with Gasteiger partial charge in [-0.15, -0.1) is 0 Å². The third kappa shape index (κ3) is 4.94. The zero-order valence-corrected chi connectivity index (χ0v) is 10.6. The second kappa shape index (κ2) is 6.21. The van der Waals surface area contributed by atoms with E-state index in [9.17, 15) is 4.79 Å². The van der Waals surface area contributed by atoms with Crippen molar-refractivity contribution in [1.29, 1.82) is 0 Å². The second-order valence-electron chi connectivity index (χ2n) is 5.14. The predicted octanol–water partition coefficient (Wildman–Crippen LogP) is 0.917. The topological polar surface area (TPSA) is 50.4 Å². The first-order chi connectivity index (χ1) is 7.53. The molecule has 0 saturated carbocycles. The van der Waals surface area contributed by atoms with Crippen LogP contribution in [-0.2, 0) is 9.53 Å². The zero-order valence-electron chi connectivity index (χ0n) is 10.6. The van der Waals surface area contributed by atoms with Crippen molar-refractivity contribution >= 4 is 5.91 Å². The lowest BCUT2D eigenvalue weighted by Gasteiger charge is -2.25. The standard InChI is InChI=1S/C12H24N2O2/c1-12(2,16-3)8-11(15)14-9-10-4-6-13-7-5-10/h10,13H,4-9H2,1-3H3,(H,14,15). The van der Waals surface area contributed by atoms with Crippen molar-refractivity contribution in [2.75, 3.05) is 26.7 Å². The van der Waals surface area contributed by atoms with Crippen LogP contribution < -0.4 is 10.6 Å². The third-order valence-electron chi connectivity index (χ3n) is 3.19. The molecule has 0 atom stereocenters. The molecule has 1 amide bonds. The lowest BCUT2D eigenvalue weighted by atomic mass is 9.98. The van der Waals surface area contributed by atoms with Gasteiger partial charge in [0, 0.05) is 13.7 Å². The number of rotatable bonds is 5. The van der Waals surface area contributed by atoms with Crippen LogP contribution in [0, 0.1) is 5.92 Å². The van der Waals surface area contributed by atoms with Crippen LogP contribution in [0.25, 0.3) is 0 Å².